The number of ether oxygens (including phenoxy) is 2. The number of methoxy groups -OCH3 is 2. The molecular weight excluding hydrogens is 420 g/mol. The van der Waals surface area contributed by atoms with Crippen LogP contribution in [0.2, 0.25) is 0 Å². The second kappa shape index (κ2) is 9.16. The largest absolute Gasteiger partial charge is 0.493 e. The summed E-state index contributed by atoms with van der Waals surface area (Å²) in [5.74, 6) is 0.527. The topological polar surface area (TPSA) is 102 Å². The molecule has 0 amide bonds. The summed E-state index contributed by atoms with van der Waals surface area (Å²) in [6.07, 6.45) is 0. The molecule has 0 saturated carbocycles. The number of aromatic hydroxyl groups is 1. The summed E-state index contributed by atoms with van der Waals surface area (Å²) >= 11 is 0. The summed E-state index contributed by atoms with van der Waals surface area (Å²) in [4.78, 5) is 17.8. The van der Waals surface area contributed by atoms with Crippen molar-refractivity contribution < 1.29 is 14.6 Å². The summed E-state index contributed by atoms with van der Waals surface area (Å²) in [6, 6.07) is 24.6. The summed E-state index contributed by atoms with van der Waals surface area (Å²) in [5, 5.41) is 21.0. The van der Waals surface area contributed by atoms with Crippen LogP contribution in [0.5, 0.6) is 17.4 Å². The lowest BCUT2D eigenvalue weighted by Crippen LogP contribution is -2.23. The SMILES string of the molecule is COc1ccc(N=C(C#N)c2c(O)n(-c3ccccc3)n(-c3ccccc3)c2=O)cc1OC. The highest BCUT2D eigenvalue weighted by atomic mass is 16.5. The van der Waals surface area contributed by atoms with Gasteiger partial charge in [0.25, 0.3) is 5.56 Å². The Hall–Kier alpha value is -4.77. The molecule has 0 aliphatic carbocycles. The van der Waals surface area contributed by atoms with Crippen molar-refractivity contribution in [3.63, 3.8) is 0 Å². The number of hydrogen-bond donors (Lipinski definition) is 1. The molecule has 0 bridgehead atoms. The molecule has 0 atom stereocenters. The zero-order valence-electron chi connectivity index (χ0n) is 18.0. The lowest BCUT2D eigenvalue weighted by molar-refractivity contribution is 0.355. The predicted molar refractivity (Wildman–Crippen MR) is 124 cm³/mol. The first kappa shape index (κ1) is 21.5. The number of aliphatic imine (C=N–C) groups is 1. The predicted octanol–water partition coefficient (Wildman–Crippen LogP) is 4.00. The Morgan fingerprint density at radius 3 is 2.00 bits per heavy atom. The summed E-state index contributed by atoms with van der Waals surface area (Å²) in [6.45, 7) is 0. The molecule has 3 aromatic carbocycles. The van der Waals surface area contributed by atoms with Crippen molar-refractivity contribution in [3.8, 4) is 34.8 Å². The van der Waals surface area contributed by atoms with Crippen LogP contribution in [0, 0.1) is 11.3 Å². The first-order chi connectivity index (χ1) is 16.1. The van der Waals surface area contributed by atoms with Crippen LogP contribution < -0.4 is 15.0 Å². The number of benzene rings is 3. The molecule has 1 N–H and O–H groups in total. The number of hydrogen-bond acceptors (Lipinski definition) is 6. The lowest BCUT2D eigenvalue weighted by atomic mass is 10.2. The van der Waals surface area contributed by atoms with Gasteiger partial charge in [-0.25, -0.2) is 14.4 Å². The van der Waals surface area contributed by atoms with E-state index in [-0.39, 0.29) is 11.3 Å². The highest BCUT2D eigenvalue weighted by Gasteiger charge is 2.26. The molecule has 33 heavy (non-hydrogen) atoms. The smallest absolute Gasteiger partial charge is 0.286 e. The van der Waals surface area contributed by atoms with E-state index >= 15 is 0 Å². The molecule has 0 unspecified atom stereocenters. The minimum absolute atomic E-state index is 0.208. The molecule has 164 valence electrons. The lowest BCUT2D eigenvalue weighted by Gasteiger charge is -2.12. The van der Waals surface area contributed by atoms with E-state index in [1.54, 1.807) is 66.7 Å². The number of aromatic nitrogens is 2. The van der Waals surface area contributed by atoms with Crippen LogP contribution in [0.1, 0.15) is 5.56 Å². The molecule has 0 aliphatic heterocycles. The molecular formula is C25H20N4O4. The Morgan fingerprint density at radius 2 is 1.45 bits per heavy atom. The first-order valence-corrected chi connectivity index (χ1v) is 9.98. The van der Waals surface area contributed by atoms with Crippen LogP contribution in [0.15, 0.2) is 88.6 Å². The van der Waals surface area contributed by atoms with Crippen LogP contribution in [0.4, 0.5) is 5.69 Å². The molecule has 8 heteroatoms. The van der Waals surface area contributed by atoms with Gasteiger partial charge in [0.05, 0.1) is 31.3 Å². The van der Waals surface area contributed by atoms with Gasteiger partial charge < -0.3 is 14.6 Å². The minimum atomic E-state index is -0.580. The summed E-state index contributed by atoms with van der Waals surface area (Å²) in [7, 11) is 3.00. The van der Waals surface area contributed by atoms with Gasteiger partial charge in [-0.15, -0.1) is 0 Å². The zero-order chi connectivity index (χ0) is 23.4. The van der Waals surface area contributed by atoms with Gasteiger partial charge in [-0.3, -0.25) is 4.79 Å². The average Bonchev–Trinajstić information content (AvgIpc) is 3.13. The third-order valence-corrected chi connectivity index (χ3v) is 4.98. The third kappa shape index (κ3) is 3.95. The van der Waals surface area contributed by atoms with E-state index in [9.17, 15) is 15.2 Å². The van der Waals surface area contributed by atoms with Crippen LogP contribution in [0.3, 0.4) is 0 Å². The van der Waals surface area contributed by atoms with Crippen molar-refractivity contribution in [1.29, 1.82) is 5.26 Å². The van der Waals surface area contributed by atoms with E-state index in [1.807, 2.05) is 18.2 Å². The fraction of sp³-hybridized carbons (Fsp3) is 0.0800. The fourth-order valence-electron chi connectivity index (χ4n) is 3.47. The number of rotatable bonds is 6. The van der Waals surface area contributed by atoms with Gasteiger partial charge in [-0.05, 0) is 36.4 Å². The molecule has 1 heterocycles. The van der Waals surface area contributed by atoms with Gasteiger partial charge in [0.1, 0.15) is 11.6 Å². The molecule has 1 aromatic heterocycles. The quantitative estimate of drug-likeness (QED) is 0.457. The summed E-state index contributed by atoms with van der Waals surface area (Å²) in [5.41, 5.74) is 0.413. The average molecular weight is 440 g/mol. The van der Waals surface area contributed by atoms with Gasteiger partial charge in [0.2, 0.25) is 5.88 Å². The Labute approximate surface area is 189 Å². The van der Waals surface area contributed by atoms with E-state index in [0.717, 1.165) is 0 Å². The minimum Gasteiger partial charge on any atom is -0.493 e. The Kier molecular flexibility index (Phi) is 5.96. The van der Waals surface area contributed by atoms with E-state index in [4.69, 9.17) is 9.47 Å². The third-order valence-electron chi connectivity index (χ3n) is 4.98. The molecule has 0 saturated heterocycles. The maximum absolute atomic E-state index is 13.5. The number of para-hydroxylation sites is 2. The Balaban J connectivity index is 1.96. The second-order valence-electron chi connectivity index (χ2n) is 6.91. The van der Waals surface area contributed by atoms with Crippen LogP contribution in [-0.4, -0.2) is 34.4 Å². The van der Waals surface area contributed by atoms with Gasteiger partial charge in [0, 0.05) is 6.07 Å². The van der Waals surface area contributed by atoms with Crippen LogP contribution in [0.25, 0.3) is 11.4 Å². The monoisotopic (exact) mass is 440 g/mol. The second-order valence-corrected chi connectivity index (χ2v) is 6.91. The summed E-state index contributed by atoms with van der Waals surface area (Å²) < 4.78 is 13.2. The van der Waals surface area contributed by atoms with Gasteiger partial charge in [-0.2, -0.15) is 5.26 Å². The van der Waals surface area contributed by atoms with Gasteiger partial charge in [0.15, 0.2) is 17.2 Å². The molecule has 0 spiro atoms. The molecule has 4 rings (SSSR count). The van der Waals surface area contributed by atoms with E-state index in [2.05, 4.69) is 4.99 Å². The van der Waals surface area contributed by atoms with Gasteiger partial charge >= 0.3 is 0 Å². The Morgan fingerprint density at radius 1 is 0.879 bits per heavy atom. The van der Waals surface area contributed by atoms with E-state index in [1.165, 1.54) is 23.6 Å². The zero-order valence-corrected chi connectivity index (χ0v) is 18.0. The van der Waals surface area contributed by atoms with Crippen LogP contribution >= 0.6 is 0 Å². The molecule has 0 fully saturated rings. The molecule has 4 aromatic rings. The number of nitriles is 1. The van der Waals surface area contributed by atoms with Crippen molar-refractivity contribution in [2.75, 3.05) is 14.2 Å². The van der Waals surface area contributed by atoms with Crippen molar-refractivity contribution in [3.05, 3.63) is 94.8 Å². The van der Waals surface area contributed by atoms with Gasteiger partial charge in [-0.1, -0.05) is 36.4 Å². The Bertz CT molecular complexity index is 1410. The maximum atomic E-state index is 13.5. The molecule has 0 radical (unpaired) electrons. The molecule has 8 nitrogen and oxygen atoms in total. The molecule has 0 aliphatic rings. The van der Waals surface area contributed by atoms with Crippen molar-refractivity contribution in [2.24, 2.45) is 4.99 Å². The number of nitrogens with zero attached hydrogens (tertiary/aromatic N) is 4. The highest BCUT2D eigenvalue weighted by molar-refractivity contribution is 6.14. The first-order valence-electron chi connectivity index (χ1n) is 9.98. The maximum Gasteiger partial charge on any atom is 0.286 e. The normalized spacial score (nSPS) is 11.1. The highest BCUT2D eigenvalue weighted by Crippen LogP contribution is 2.32. The standard InChI is InChI=1S/C25H20N4O4/c1-32-21-14-13-17(15-22(21)33-2)27-20(16-26)23-24(30)28(18-9-5-3-6-10-18)29(25(23)31)19-11-7-4-8-12-19/h3-15,30H,1-2H3. The van der Waals surface area contributed by atoms with Crippen molar-refractivity contribution in [1.82, 2.24) is 9.36 Å². The van der Waals surface area contributed by atoms with Crippen molar-refractivity contribution >= 4 is 11.4 Å². The fourth-order valence-corrected chi connectivity index (χ4v) is 3.47. The van der Waals surface area contributed by atoms with Crippen LogP contribution in [-0.2, 0) is 0 Å². The van der Waals surface area contributed by atoms with E-state index in [0.29, 0.717) is 28.6 Å². The van der Waals surface area contributed by atoms with E-state index < -0.39 is 11.4 Å². The van der Waals surface area contributed by atoms with Crippen molar-refractivity contribution in [2.45, 2.75) is 0 Å².